The van der Waals surface area contributed by atoms with E-state index in [0.29, 0.717) is 16.7 Å². The van der Waals surface area contributed by atoms with E-state index in [9.17, 15) is 13.2 Å². The van der Waals surface area contributed by atoms with Crippen LogP contribution in [-0.2, 0) is 21.4 Å². The molecule has 0 heterocycles. The summed E-state index contributed by atoms with van der Waals surface area (Å²) in [5, 5.41) is 9.07. The highest BCUT2D eigenvalue weighted by Crippen LogP contribution is 2.15. The van der Waals surface area contributed by atoms with Crippen molar-refractivity contribution in [1.29, 1.82) is 0 Å². The van der Waals surface area contributed by atoms with E-state index in [0.717, 1.165) is 12.8 Å². The molecule has 0 aromatic heterocycles. The number of carboxylic acids is 1. The van der Waals surface area contributed by atoms with Gasteiger partial charge in [0.15, 0.2) is 0 Å². The molecule has 0 saturated carbocycles. The number of unbranched alkanes of at least 4 members (excludes halogenated alkanes) is 5. The standard InChI is InChI=1S/C21H37N3O4S/c1-5-6-7-8-9-10-11-18-12-14-19(15-13-18)22-29(27,28)23-20(16-21(25)26)17-24(2,3)4/h12-15,20,22-23H,5-11,16-17H2,1-4H3/p+1/t20-/m0/s1. The minimum Gasteiger partial charge on any atom is -0.481 e. The molecule has 3 N–H and O–H groups in total. The first-order valence-electron chi connectivity index (χ1n) is 10.4. The van der Waals surface area contributed by atoms with Gasteiger partial charge in [-0.05, 0) is 30.5 Å². The summed E-state index contributed by atoms with van der Waals surface area (Å²) in [6.45, 7) is 2.58. The van der Waals surface area contributed by atoms with Gasteiger partial charge in [-0.25, -0.2) is 0 Å². The predicted molar refractivity (Wildman–Crippen MR) is 118 cm³/mol. The maximum Gasteiger partial charge on any atom is 0.305 e. The van der Waals surface area contributed by atoms with Crippen LogP contribution in [0.4, 0.5) is 5.69 Å². The molecule has 0 spiro atoms. The molecule has 0 amide bonds. The SMILES string of the molecule is CCCCCCCCc1ccc(NS(=O)(=O)N[C@@H](CC(=O)O)C[N+](C)(C)C)cc1. The van der Waals surface area contributed by atoms with Gasteiger partial charge in [0, 0.05) is 5.69 Å². The summed E-state index contributed by atoms with van der Waals surface area (Å²) in [6.07, 6.45) is 8.18. The van der Waals surface area contributed by atoms with Gasteiger partial charge < -0.3 is 9.59 Å². The van der Waals surface area contributed by atoms with E-state index in [1.807, 2.05) is 33.3 Å². The number of hydrogen-bond acceptors (Lipinski definition) is 3. The molecule has 0 aliphatic carbocycles. The van der Waals surface area contributed by atoms with Gasteiger partial charge in [0.25, 0.3) is 10.2 Å². The van der Waals surface area contributed by atoms with Crippen molar-refractivity contribution in [2.75, 3.05) is 32.4 Å². The number of carbonyl (C=O) groups is 1. The van der Waals surface area contributed by atoms with E-state index < -0.39 is 22.2 Å². The minimum atomic E-state index is -3.87. The molecule has 0 fully saturated rings. The zero-order valence-electron chi connectivity index (χ0n) is 18.3. The lowest BCUT2D eigenvalue weighted by Crippen LogP contribution is -2.50. The van der Waals surface area contributed by atoms with Gasteiger partial charge >= 0.3 is 5.97 Å². The Hall–Kier alpha value is -1.64. The highest BCUT2D eigenvalue weighted by molar-refractivity contribution is 7.90. The molecule has 166 valence electrons. The second-order valence-corrected chi connectivity index (χ2v) is 10.2. The summed E-state index contributed by atoms with van der Waals surface area (Å²) in [5.74, 6) is -1.04. The monoisotopic (exact) mass is 428 g/mol. The summed E-state index contributed by atoms with van der Waals surface area (Å²) < 4.78 is 30.3. The van der Waals surface area contributed by atoms with Crippen molar-refractivity contribution in [3.8, 4) is 0 Å². The predicted octanol–water partition coefficient (Wildman–Crippen LogP) is 3.39. The van der Waals surface area contributed by atoms with E-state index >= 15 is 0 Å². The van der Waals surface area contributed by atoms with Crippen molar-refractivity contribution in [3.05, 3.63) is 29.8 Å². The maximum absolute atomic E-state index is 12.4. The van der Waals surface area contributed by atoms with Gasteiger partial charge in [0.1, 0.15) is 0 Å². The molecule has 1 atom stereocenters. The van der Waals surface area contributed by atoms with Crippen LogP contribution in [0.3, 0.4) is 0 Å². The van der Waals surface area contributed by atoms with Gasteiger partial charge in [0.2, 0.25) is 0 Å². The average molecular weight is 429 g/mol. The second kappa shape index (κ2) is 12.1. The van der Waals surface area contributed by atoms with Gasteiger partial charge in [-0.1, -0.05) is 51.2 Å². The third kappa shape index (κ3) is 12.5. The number of hydrogen-bond donors (Lipinski definition) is 3. The molecule has 1 aromatic rings. The lowest BCUT2D eigenvalue weighted by atomic mass is 10.0. The van der Waals surface area contributed by atoms with Crippen LogP contribution >= 0.6 is 0 Å². The normalized spacial score (nSPS) is 13.2. The molecule has 0 aliphatic rings. The molecule has 1 rings (SSSR count). The molecule has 8 heteroatoms. The van der Waals surface area contributed by atoms with Crippen LogP contribution in [0.25, 0.3) is 0 Å². The Morgan fingerprint density at radius 1 is 1.03 bits per heavy atom. The van der Waals surface area contributed by atoms with E-state index in [2.05, 4.69) is 16.4 Å². The fourth-order valence-electron chi connectivity index (χ4n) is 3.27. The fraction of sp³-hybridized carbons (Fsp3) is 0.667. The number of quaternary nitrogens is 1. The van der Waals surface area contributed by atoms with E-state index in [1.54, 1.807) is 12.1 Å². The van der Waals surface area contributed by atoms with Gasteiger partial charge in [-0.3, -0.25) is 9.52 Å². The minimum absolute atomic E-state index is 0.270. The fourth-order valence-corrected chi connectivity index (χ4v) is 4.37. The Kier molecular flexibility index (Phi) is 10.6. The van der Waals surface area contributed by atoms with Crippen LogP contribution in [0.5, 0.6) is 0 Å². The first-order chi connectivity index (χ1) is 13.5. The van der Waals surface area contributed by atoms with Crippen LogP contribution in [-0.4, -0.2) is 57.7 Å². The summed E-state index contributed by atoms with van der Waals surface area (Å²) in [6, 6.07) is 6.67. The van der Waals surface area contributed by atoms with Crippen molar-refractivity contribution in [1.82, 2.24) is 4.72 Å². The molecule has 0 radical (unpaired) electrons. The van der Waals surface area contributed by atoms with Crippen LogP contribution in [0, 0.1) is 0 Å². The Morgan fingerprint density at radius 3 is 2.17 bits per heavy atom. The second-order valence-electron chi connectivity index (χ2n) is 8.71. The van der Waals surface area contributed by atoms with Crippen LogP contribution < -0.4 is 9.44 Å². The number of nitrogens with zero attached hydrogens (tertiary/aromatic N) is 1. The van der Waals surface area contributed by atoms with Crippen molar-refractivity contribution >= 4 is 21.9 Å². The number of likely N-dealkylation sites (N-methyl/N-ethyl adjacent to an activating group) is 1. The molecule has 1 aromatic carbocycles. The quantitative estimate of drug-likeness (QED) is 0.295. The summed E-state index contributed by atoms with van der Waals surface area (Å²) in [5.41, 5.74) is 1.65. The number of anilines is 1. The Labute approximate surface area is 176 Å². The molecule has 7 nitrogen and oxygen atoms in total. The van der Waals surface area contributed by atoms with Crippen molar-refractivity contribution < 1.29 is 22.8 Å². The number of aryl methyl sites for hydroxylation is 1. The molecule has 0 saturated heterocycles. The molecular formula is C21H38N3O4S+. The van der Waals surface area contributed by atoms with Gasteiger partial charge in [0.05, 0.1) is 40.2 Å². The summed E-state index contributed by atoms with van der Waals surface area (Å²) >= 11 is 0. The third-order valence-electron chi connectivity index (χ3n) is 4.54. The molecule has 29 heavy (non-hydrogen) atoms. The number of rotatable bonds is 15. The van der Waals surface area contributed by atoms with E-state index in [4.69, 9.17) is 5.11 Å². The number of carboxylic acid groups (broad SMARTS) is 1. The number of benzene rings is 1. The first-order valence-corrected chi connectivity index (χ1v) is 11.9. The smallest absolute Gasteiger partial charge is 0.305 e. The highest BCUT2D eigenvalue weighted by Gasteiger charge is 2.25. The third-order valence-corrected chi connectivity index (χ3v) is 5.68. The Bertz CT molecular complexity index is 712. The van der Waals surface area contributed by atoms with E-state index in [1.165, 1.54) is 37.7 Å². The van der Waals surface area contributed by atoms with Gasteiger partial charge in [-0.2, -0.15) is 13.1 Å². The van der Waals surface area contributed by atoms with Crippen LogP contribution in [0.2, 0.25) is 0 Å². The molecule has 0 bridgehead atoms. The van der Waals surface area contributed by atoms with Crippen LogP contribution in [0.15, 0.2) is 24.3 Å². The Balaban J connectivity index is 2.58. The zero-order valence-corrected chi connectivity index (χ0v) is 19.1. The first kappa shape index (κ1) is 25.4. The summed E-state index contributed by atoms with van der Waals surface area (Å²) in [4.78, 5) is 11.1. The average Bonchev–Trinajstić information content (AvgIpc) is 2.56. The van der Waals surface area contributed by atoms with Crippen LogP contribution in [0.1, 0.15) is 57.4 Å². The molecule has 0 aliphatic heterocycles. The molecular weight excluding hydrogens is 390 g/mol. The lowest BCUT2D eigenvalue weighted by molar-refractivity contribution is -0.871. The van der Waals surface area contributed by atoms with Gasteiger partial charge in [-0.15, -0.1) is 0 Å². The number of nitrogens with one attached hydrogen (secondary N) is 2. The van der Waals surface area contributed by atoms with E-state index in [-0.39, 0.29) is 6.42 Å². The largest absolute Gasteiger partial charge is 0.481 e. The topological polar surface area (TPSA) is 95.5 Å². The summed E-state index contributed by atoms with van der Waals surface area (Å²) in [7, 11) is 1.80. The Morgan fingerprint density at radius 2 is 1.62 bits per heavy atom. The zero-order chi connectivity index (χ0) is 21.9. The van der Waals surface area contributed by atoms with Crippen molar-refractivity contribution in [2.24, 2.45) is 0 Å². The highest BCUT2D eigenvalue weighted by atomic mass is 32.2. The van der Waals surface area contributed by atoms with Crippen molar-refractivity contribution in [3.63, 3.8) is 0 Å². The number of aliphatic carboxylic acids is 1. The van der Waals surface area contributed by atoms with Crippen molar-refractivity contribution in [2.45, 2.75) is 64.3 Å². The maximum atomic E-state index is 12.4. The molecule has 0 unspecified atom stereocenters. The lowest BCUT2D eigenvalue weighted by Gasteiger charge is -2.29.